The maximum atomic E-state index is 11.3. The summed E-state index contributed by atoms with van der Waals surface area (Å²) in [6.07, 6.45) is 5.16. The molecule has 0 heterocycles. The topological polar surface area (TPSA) is 38.3 Å². The zero-order valence-electron chi connectivity index (χ0n) is 11.8. The molecular formula is C17H19NO2. The zero-order chi connectivity index (χ0) is 14.1. The summed E-state index contributed by atoms with van der Waals surface area (Å²) in [4.78, 5) is 11.3. The van der Waals surface area contributed by atoms with Gasteiger partial charge in [0, 0.05) is 13.0 Å². The van der Waals surface area contributed by atoms with Gasteiger partial charge in [-0.15, -0.1) is 0 Å². The van der Waals surface area contributed by atoms with Gasteiger partial charge in [-0.25, -0.2) is 4.79 Å². The molecule has 3 heteroatoms. The number of alkyl carbamates (subject to hydrolysis) is 1. The van der Waals surface area contributed by atoms with Crippen LogP contribution < -0.4 is 5.32 Å². The lowest BCUT2D eigenvalue weighted by Crippen LogP contribution is -2.22. The highest BCUT2D eigenvalue weighted by atomic mass is 16.5. The number of rotatable bonds is 2. The molecule has 0 fully saturated rings. The normalized spacial score (nSPS) is 23.3. The van der Waals surface area contributed by atoms with Crippen LogP contribution in [0.1, 0.15) is 30.4 Å². The van der Waals surface area contributed by atoms with Crippen LogP contribution in [0.2, 0.25) is 0 Å². The van der Waals surface area contributed by atoms with E-state index in [1.807, 2.05) is 0 Å². The van der Waals surface area contributed by atoms with Crippen LogP contribution in [0.4, 0.5) is 4.79 Å². The Morgan fingerprint density at radius 2 is 2.20 bits per heavy atom. The third-order valence-electron chi connectivity index (χ3n) is 4.10. The summed E-state index contributed by atoms with van der Waals surface area (Å²) in [5.41, 5.74) is 5.33. The number of ether oxygens (including phenoxy) is 1. The Morgan fingerprint density at radius 1 is 1.40 bits per heavy atom. The minimum Gasteiger partial charge on any atom is -0.449 e. The lowest BCUT2D eigenvalue weighted by molar-refractivity contribution is 0.145. The van der Waals surface area contributed by atoms with Crippen molar-refractivity contribution in [2.45, 2.75) is 19.3 Å². The predicted octanol–water partition coefficient (Wildman–Crippen LogP) is 3.49. The predicted molar refractivity (Wildman–Crippen MR) is 79.4 cm³/mol. The SMILES string of the molecule is CNC(=O)OCC1C2=C(CC(C)C=C2)c2ccccc21. The fourth-order valence-electron chi connectivity index (χ4n) is 3.12. The smallest absolute Gasteiger partial charge is 0.406 e. The largest absolute Gasteiger partial charge is 0.449 e. The summed E-state index contributed by atoms with van der Waals surface area (Å²) in [5, 5.41) is 2.50. The van der Waals surface area contributed by atoms with Crippen molar-refractivity contribution in [2.75, 3.05) is 13.7 Å². The van der Waals surface area contributed by atoms with Crippen LogP contribution in [0, 0.1) is 5.92 Å². The first-order valence-electron chi connectivity index (χ1n) is 7.05. The second kappa shape index (κ2) is 5.16. The minimum atomic E-state index is -0.371. The van der Waals surface area contributed by atoms with E-state index in [2.05, 4.69) is 48.7 Å². The molecule has 104 valence electrons. The molecule has 0 aliphatic heterocycles. The Morgan fingerprint density at radius 3 is 3.00 bits per heavy atom. The summed E-state index contributed by atoms with van der Waals surface area (Å²) in [5.74, 6) is 0.739. The maximum Gasteiger partial charge on any atom is 0.406 e. The molecule has 2 aliphatic rings. The van der Waals surface area contributed by atoms with E-state index < -0.39 is 0 Å². The number of fused-ring (bicyclic) bond motifs is 2. The van der Waals surface area contributed by atoms with Gasteiger partial charge in [0.1, 0.15) is 6.61 Å². The van der Waals surface area contributed by atoms with Gasteiger partial charge in [-0.05, 0) is 34.6 Å². The second-order valence-electron chi connectivity index (χ2n) is 5.46. The van der Waals surface area contributed by atoms with Crippen molar-refractivity contribution in [2.24, 2.45) is 5.92 Å². The average Bonchev–Trinajstić information content (AvgIpc) is 2.78. The first-order valence-corrected chi connectivity index (χ1v) is 7.05. The van der Waals surface area contributed by atoms with Crippen molar-refractivity contribution >= 4 is 11.7 Å². The summed E-state index contributed by atoms with van der Waals surface area (Å²) in [6.45, 7) is 2.63. The van der Waals surface area contributed by atoms with Crippen LogP contribution >= 0.6 is 0 Å². The molecule has 0 saturated carbocycles. The first kappa shape index (κ1) is 13.0. The summed E-state index contributed by atoms with van der Waals surface area (Å²) < 4.78 is 5.29. The molecule has 2 atom stereocenters. The minimum absolute atomic E-state index is 0.169. The summed E-state index contributed by atoms with van der Waals surface area (Å²) in [6, 6.07) is 8.45. The van der Waals surface area contributed by atoms with Gasteiger partial charge in [0.05, 0.1) is 0 Å². The lowest BCUT2D eigenvalue weighted by Gasteiger charge is -2.18. The molecule has 2 unspecified atom stereocenters. The molecule has 3 rings (SSSR count). The van der Waals surface area contributed by atoms with Crippen LogP contribution in [0.5, 0.6) is 0 Å². The molecule has 1 amide bonds. The standard InChI is InChI=1S/C17H19NO2/c1-11-7-8-14-15(9-11)12-5-3-4-6-13(12)16(14)10-20-17(19)18-2/h3-8,11,16H,9-10H2,1-2H3,(H,18,19). The fourth-order valence-corrected chi connectivity index (χ4v) is 3.12. The molecule has 2 aliphatic carbocycles. The van der Waals surface area contributed by atoms with E-state index in [1.165, 1.54) is 22.3 Å². The van der Waals surface area contributed by atoms with Crippen molar-refractivity contribution in [1.29, 1.82) is 0 Å². The molecule has 0 bridgehead atoms. The number of hydrogen-bond donors (Lipinski definition) is 1. The Kier molecular flexibility index (Phi) is 3.35. The van der Waals surface area contributed by atoms with Crippen LogP contribution in [0.15, 0.2) is 42.0 Å². The van der Waals surface area contributed by atoms with Crippen LogP contribution in [-0.4, -0.2) is 19.7 Å². The molecule has 1 aromatic rings. The average molecular weight is 269 g/mol. The van der Waals surface area contributed by atoms with Crippen LogP contribution in [0.25, 0.3) is 5.57 Å². The van der Waals surface area contributed by atoms with Crippen molar-refractivity contribution in [3.8, 4) is 0 Å². The molecule has 0 radical (unpaired) electrons. The highest BCUT2D eigenvalue weighted by molar-refractivity contribution is 5.82. The van der Waals surface area contributed by atoms with E-state index in [9.17, 15) is 4.79 Å². The lowest BCUT2D eigenvalue weighted by atomic mass is 9.88. The number of allylic oxidation sites excluding steroid dienone is 3. The van der Waals surface area contributed by atoms with E-state index >= 15 is 0 Å². The quantitative estimate of drug-likeness (QED) is 0.892. The van der Waals surface area contributed by atoms with Gasteiger partial charge in [-0.1, -0.05) is 43.3 Å². The van der Waals surface area contributed by atoms with E-state index in [0.29, 0.717) is 12.5 Å². The van der Waals surface area contributed by atoms with Crippen molar-refractivity contribution in [1.82, 2.24) is 5.32 Å². The number of amides is 1. The Labute approximate surface area is 119 Å². The molecule has 1 aromatic carbocycles. The number of carbonyl (C=O) groups excluding carboxylic acids is 1. The Bertz CT molecular complexity index is 601. The maximum absolute atomic E-state index is 11.3. The number of hydrogen-bond acceptors (Lipinski definition) is 2. The van der Waals surface area contributed by atoms with Gasteiger partial charge in [-0.2, -0.15) is 0 Å². The van der Waals surface area contributed by atoms with Crippen molar-refractivity contribution in [3.05, 3.63) is 53.1 Å². The van der Waals surface area contributed by atoms with Crippen molar-refractivity contribution in [3.63, 3.8) is 0 Å². The molecule has 1 N–H and O–H groups in total. The monoisotopic (exact) mass is 269 g/mol. The Balaban J connectivity index is 1.93. The van der Waals surface area contributed by atoms with E-state index in [4.69, 9.17) is 4.74 Å². The Hall–Kier alpha value is -2.03. The second-order valence-corrected chi connectivity index (χ2v) is 5.46. The number of carbonyl (C=O) groups is 1. The van der Waals surface area contributed by atoms with Crippen molar-refractivity contribution < 1.29 is 9.53 Å². The molecule has 3 nitrogen and oxygen atoms in total. The van der Waals surface area contributed by atoms with E-state index in [0.717, 1.165) is 6.42 Å². The number of nitrogens with one attached hydrogen (secondary N) is 1. The van der Waals surface area contributed by atoms with Gasteiger partial charge in [0.2, 0.25) is 0 Å². The molecule has 20 heavy (non-hydrogen) atoms. The fraction of sp³-hybridized carbons (Fsp3) is 0.353. The highest BCUT2D eigenvalue weighted by Gasteiger charge is 2.32. The summed E-state index contributed by atoms with van der Waals surface area (Å²) in [7, 11) is 1.58. The van der Waals surface area contributed by atoms with Crippen LogP contribution in [0.3, 0.4) is 0 Å². The van der Waals surface area contributed by atoms with E-state index in [1.54, 1.807) is 7.05 Å². The third kappa shape index (κ3) is 2.13. The molecule has 0 saturated heterocycles. The van der Waals surface area contributed by atoms with Crippen LogP contribution in [-0.2, 0) is 4.74 Å². The van der Waals surface area contributed by atoms with E-state index in [-0.39, 0.29) is 12.0 Å². The number of benzene rings is 1. The highest BCUT2D eigenvalue weighted by Crippen LogP contribution is 2.47. The van der Waals surface area contributed by atoms with Gasteiger partial charge in [0.15, 0.2) is 0 Å². The summed E-state index contributed by atoms with van der Waals surface area (Å²) >= 11 is 0. The van der Waals surface area contributed by atoms with Gasteiger partial charge < -0.3 is 10.1 Å². The zero-order valence-corrected chi connectivity index (χ0v) is 11.8. The molecule has 0 spiro atoms. The van der Waals surface area contributed by atoms with Gasteiger partial charge in [-0.3, -0.25) is 0 Å². The molecule has 0 aromatic heterocycles. The van der Waals surface area contributed by atoms with Gasteiger partial charge in [0.25, 0.3) is 0 Å². The molecular weight excluding hydrogens is 250 g/mol. The van der Waals surface area contributed by atoms with Gasteiger partial charge >= 0.3 is 6.09 Å². The third-order valence-corrected chi connectivity index (χ3v) is 4.10. The first-order chi connectivity index (χ1) is 9.70.